The van der Waals surface area contributed by atoms with Gasteiger partial charge in [-0.05, 0) is 41.5 Å². The number of fused-ring (bicyclic) bond motifs is 1. The first-order valence-corrected chi connectivity index (χ1v) is 9.42. The zero-order valence-corrected chi connectivity index (χ0v) is 16.4. The largest absolute Gasteiger partial charge is 0.437 e. The van der Waals surface area contributed by atoms with Crippen LogP contribution in [0, 0.1) is 0 Å². The van der Waals surface area contributed by atoms with Crippen molar-refractivity contribution in [3.05, 3.63) is 95.5 Å². The lowest BCUT2D eigenvalue weighted by Crippen LogP contribution is -2.08. The fraction of sp³-hybridized carbons (Fsp3) is 0.0417. The molecule has 5 nitrogen and oxygen atoms in total. The maximum atomic E-state index is 13.0. The Balaban J connectivity index is 1.72. The lowest BCUT2D eigenvalue weighted by atomic mass is 9.99. The zero-order valence-electron chi connectivity index (χ0n) is 16.4. The van der Waals surface area contributed by atoms with Crippen LogP contribution < -0.4 is 0 Å². The van der Waals surface area contributed by atoms with Crippen LogP contribution in [0.5, 0.6) is 0 Å². The number of ether oxygens (including phenoxy) is 1. The molecule has 0 amide bonds. The molecule has 2 heterocycles. The molecule has 0 saturated heterocycles. The van der Waals surface area contributed by atoms with Gasteiger partial charge in [0.05, 0.1) is 11.8 Å². The highest BCUT2D eigenvalue weighted by Gasteiger charge is 2.31. The third-order valence-electron chi connectivity index (χ3n) is 4.84. The molecule has 32 heavy (non-hydrogen) atoms. The number of aromatic amines is 1. The number of alkyl halides is 3. The quantitative estimate of drug-likeness (QED) is 0.242. The normalized spacial score (nSPS) is 11.7. The Morgan fingerprint density at radius 2 is 1.84 bits per heavy atom. The van der Waals surface area contributed by atoms with Gasteiger partial charge in [0.15, 0.2) is 5.78 Å². The van der Waals surface area contributed by atoms with E-state index < -0.39 is 17.5 Å². The monoisotopic (exact) mass is 436 g/mol. The molecule has 1 N–H and O–H groups in total. The van der Waals surface area contributed by atoms with Crippen molar-refractivity contribution < 1.29 is 27.5 Å². The van der Waals surface area contributed by atoms with Crippen molar-refractivity contribution in [2.45, 2.75) is 6.18 Å². The highest BCUT2D eigenvalue weighted by atomic mass is 19.4. The summed E-state index contributed by atoms with van der Waals surface area (Å²) in [5, 5.41) is 0.496. The maximum Gasteiger partial charge on any atom is 0.416 e. The summed E-state index contributed by atoms with van der Waals surface area (Å²) >= 11 is 0. The van der Waals surface area contributed by atoms with Gasteiger partial charge in [0, 0.05) is 34.5 Å². The minimum atomic E-state index is -4.54. The summed E-state index contributed by atoms with van der Waals surface area (Å²) in [7, 11) is 0. The highest BCUT2D eigenvalue weighted by Crippen LogP contribution is 2.31. The number of hydrogen-bond donors (Lipinski definition) is 1. The van der Waals surface area contributed by atoms with Gasteiger partial charge in [0.25, 0.3) is 6.47 Å². The summed E-state index contributed by atoms with van der Waals surface area (Å²) in [5.41, 5.74) is 2.01. The first kappa shape index (κ1) is 21.0. The molecule has 0 aliphatic carbocycles. The van der Waals surface area contributed by atoms with Gasteiger partial charge in [-0.25, -0.2) is 4.98 Å². The second kappa shape index (κ2) is 8.50. The van der Waals surface area contributed by atoms with Crippen molar-refractivity contribution in [3.8, 4) is 11.1 Å². The number of halogens is 3. The Bertz CT molecular complexity index is 1340. The number of carbonyl (C=O) groups excluding carboxylic acids is 2. The number of ketones is 1. The Morgan fingerprint density at radius 3 is 2.62 bits per heavy atom. The average Bonchev–Trinajstić information content (AvgIpc) is 3.22. The van der Waals surface area contributed by atoms with Gasteiger partial charge in [-0.15, -0.1) is 0 Å². The van der Waals surface area contributed by atoms with E-state index >= 15 is 0 Å². The molecule has 160 valence electrons. The molecule has 0 bridgehead atoms. The summed E-state index contributed by atoms with van der Waals surface area (Å²) in [5.74, 6) is -0.538. The van der Waals surface area contributed by atoms with Crippen LogP contribution in [-0.2, 0) is 15.7 Å². The molecule has 8 heteroatoms. The number of aromatic nitrogens is 2. The number of carbonyl (C=O) groups is 2. The summed E-state index contributed by atoms with van der Waals surface area (Å²) in [6, 6.07) is 13.4. The topological polar surface area (TPSA) is 72.0 Å². The molecule has 0 fully saturated rings. The number of H-pyrrole nitrogens is 1. The van der Waals surface area contributed by atoms with E-state index in [1.807, 2.05) is 24.3 Å². The molecule has 0 unspecified atom stereocenters. The molecule has 0 radical (unpaired) electrons. The molecule has 2 aromatic heterocycles. The van der Waals surface area contributed by atoms with E-state index in [1.165, 1.54) is 24.6 Å². The number of rotatable bonds is 6. The molecular weight excluding hydrogens is 421 g/mol. The third kappa shape index (κ3) is 4.29. The molecule has 0 aliphatic heterocycles. The van der Waals surface area contributed by atoms with E-state index in [-0.39, 0.29) is 11.1 Å². The van der Waals surface area contributed by atoms with Crippen LogP contribution in [0.15, 0.2) is 73.3 Å². The highest BCUT2D eigenvalue weighted by molar-refractivity contribution is 6.16. The van der Waals surface area contributed by atoms with E-state index in [0.717, 1.165) is 23.3 Å². The van der Waals surface area contributed by atoms with Gasteiger partial charge in [-0.1, -0.05) is 30.3 Å². The number of benzene rings is 2. The fourth-order valence-electron chi connectivity index (χ4n) is 3.31. The summed E-state index contributed by atoms with van der Waals surface area (Å²) in [4.78, 5) is 30.5. The van der Waals surface area contributed by atoms with E-state index in [2.05, 4.69) is 14.7 Å². The molecule has 0 aliphatic rings. The van der Waals surface area contributed by atoms with Crippen LogP contribution in [-0.4, -0.2) is 22.2 Å². The van der Waals surface area contributed by atoms with Gasteiger partial charge in [-0.2, -0.15) is 13.2 Å². The minimum Gasteiger partial charge on any atom is -0.437 e. The lowest BCUT2D eigenvalue weighted by Gasteiger charge is -2.08. The van der Waals surface area contributed by atoms with Crippen LogP contribution >= 0.6 is 0 Å². The molecule has 2 aromatic carbocycles. The molecule has 0 saturated carbocycles. The van der Waals surface area contributed by atoms with Crippen molar-refractivity contribution in [2.24, 2.45) is 0 Å². The van der Waals surface area contributed by atoms with Crippen molar-refractivity contribution >= 4 is 29.4 Å². The predicted molar refractivity (Wildman–Crippen MR) is 113 cm³/mol. The molecule has 4 rings (SSSR count). The SMILES string of the molecule is O=COC=Cc1cccc(-c2cnc3[nH]cc(C(=O)c4cccc(C(F)(F)F)c4)c3c2)c1. The zero-order chi connectivity index (χ0) is 22.7. The van der Waals surface area contributed by atoms with Crippen molar-refractivity contribution in [1.82, 2.24) is 9.97 Å². The van der Waals surface area contributed by atoms with Gasteiger partial charge < -0.3 is 9.72 Å². The second-order valence-corrected chi connectivity index (χ2v) is 6.89. The van der Waals surface area contributed by atoms with Crippen LogP contribution in [0.1, 0.15) is 27.0 Å². The van der Waals surface area contributed by atoms with Crippen LogP contribution in [0.3, 0.4) is 0 Å². The molecular formula is C24H15F3N2O3. The van der Waals surface area contributed by atoms with Crippen LogP contribution in [0.4, 0.5) is 13.2 Å². The van der Waals surface area contributed by atoms with Gasteiger partial charge in [0.1, 0.15) is 5.65 Å². The van der Waals surface area contributed by atoms with Crippen LogP contribution in [0.25, 0.3) is 28.2 Å². The summed E-state index contributed by atoms with van der Waals surface area (Å²) in [6.45, 7) is 0.313. The Hall–Kier alpha value is -4.20. The van der Waals surface area contributed by atoms with Crippen molar-refractivity contribution in [2.75, 3.05) is 0 Å². The number of pyridine rings is 1. The summed E-state index contributed by atoms with van der Waals surface area (Å²) < 4.78 is 43.7. The molecule has 0 atom stereocenters. The summed E-state index contributed by atoms with van der Waals surface area (Å²) in [6.07, 6.45) is 1.40. The molecule has 4 aromatic rings. The lowest BCUT2D eigenvalue weighted by molar-refractivity contribution is -0.137. The van der Waals surface area contributed by atoms with E-state index in [9.17, 15) is 22.8 Å². The van der Waals surface area contributed by atoms with E-state index in [4.69, 9.17) is 0 Å². The van der Waals surface area contributed by atoms with Crippen molar-refractivity contribution in [3.63, 3.8) is 0 Å². The predicted octanol–water partition coefficient (Wildman–Crippen LogP) is 5.62. The fourth-order valence-corrected chi connectivity index (χ4v) is 3.31. The standard InChI is InChI=1S/C24H15F3N2O3/c25-24(26,27)19-6-2-5-17(10-19)22(31)21-13-29-23-20(21)11-18(12-28-23)16-4-1-3-15(9-16)7-8-32-14-30/h1-14H,(H,28,29). The van der Waals surface area contributed by atoms with Crippen molar-refractivity contribution in [1.29, 1.82) is 0 Å². The first-order chi connectivity index (χ1) is 15.4. The van der Waals surface area contributed by atoms with Gasteiger partial charge >= 0.3 is 6.18 Å². The minimum absolute atomic E-state index is 0.0616. The Kier molecular flexibility index (Phi) is 5.59. The van der Waals surface area contributed by atoms with Gasteiger partial charge in [0.2, 0.25) is 0 Å². The van der Waals surface area contributed by atoms with E-state index in [1.54, 1.807) is 18.3 Å². The average molecular weight is 436 g/mol. The van der Waals surface area contributed by atoms with Gasteiger partial charge in [-0.3, -0.25) is 9.59 Å². The first-order valence-electron chi connectivity index (χ1n) is 9.42. The number of nitrogens with zero attached hydrogens (tertiary/aromatic N) is 1. The number of hydrogen-bond acceptors (Lipinski definition) is 4. The van der Waals surface area contributed by atoms with E-state index in [0.29, 0.717) is 23.1 Å². The number of nitrogens with one attached hydrogen (secondary N) is 1. The molecule has 0 spiro atoms. The smallest absolute Gasteiger partial charge is 0.416 e. The maximum absolute atomic E-state index is 13.0. The Morgan fingerprint density at radius 1 is 1.03 bits per heavy atom. The Labute approximate surface area is 180 Å². The van der Waals surface area contributed by atoms with Crippen LogP contribution in [0.2, 0.25) is 0 Å². The second-order valence-electron chi connectivity index (χ2n) is 6.89. The third-order valence-corrected chi connectivity index (χ3v) is 4.84.